The van der Waals surface area contributed by atoms with Crippen molar-refractivity contribution in [3.05, 3.63) is 11.6 Å². The number of carbonyl (C=O) groups is 4. The summed E-state index contributed by atoms with van der Waals surface area (Å²) in [7, 11) is 2.61. The third kappa shape index (κ3) is 8.65. The Balaban J connectivity index is 1.26. The first-order valence-corrected chi connectivity index (χ1v) is 23.8. The third-order valence-electron chi connectivity index (χ3n) is 18.3. The molecule has 1 aliphatic heterocycles. The molecule has 1 saturated heterocycles. The Bertz CT molecular complexity index is 1750. The van der Waals surface area contributed by atoms with Gasteiger partial charge in [0.05, 0.1) is 44.5 Å². The molecule has 0 aromatic rings. The molecule has 6 aliphatic rings. The maximum atomic E-state index is 14.5. The van der Waals surface area contributed by atoms with E-state index in [2.05, 4.69) is 65.2 Å². The maximum Gasteiger partial charge on any atom is 0.366 e. The molecule has 358 valence electrons. The van der Waals surface area contributed by atoms with Crippen molar-refractivity contribution in [2.75, 3.05) is 27.4 Å². The van der Waals surface area contributed by atoms with Gasteiger partial charge in [0.2, 0.25) is 11.8 Å². The van der Waals surface area contributed by atoms with Crippen LogP contribution in [-0.4, -0.2) is 114 Å². The Kier molecular flexibility index (Phi) is 14.4. The summed E-state index contributed by atoms with van der Waals surface area (Å²) < 4.78 is 23.2. The van der Waals surface area contributed by atoms with Crippen molar-refractivity contribution in [3.8, 4) is 0 Å². The minimum Gasteiger partial charge on any atom is -0.469 e. The number of ether oxygens (including phenoxy) is 4. The van der Waals surface area contributed by atoms with E-state index in [1.807, 2.05) is 0 Å². The lowest BCUT2D eigenvalue weighted by atomic mass is 9.33. The molecule has 14 atom stereocenters. The van der Waals surface area contributed by atoms with E-state index < -0.39 is 78.1 Å². The second-order valence-electron chi connectivity index (χ2n) is 22.5. The molecule has 1 heterocycles. The highest BCUT2D eigenvalue weighted by Gasteiger charge is 2.70. The van der Waals surface area contributed by atoms with Gasteiger partial charge in [0.25, 0.3) is 5.79 Å². The first kappa shape index (κ1) is 49.8. The van der Waals surface area contributed by atoms with Crippen LogP contribution in [0.25, 0.3) is 0 Å². The van der Waals surface area contributed by atoms with E-state index >= 15 is 0 Å². The van der Waals surface area contributed by atoms with Crippen LogP contribution >= 0.6 is 0 Å². The Morgan fingerprint density at radius 1 is 0.873 bits per heavy atom. The number of allylic oxidation sites excluding steroid dienone is 2. The summed E-state index contributed by atoms with van der Waals surface area (Å²) in [6.45, 7) is 17.6. The van der Waals surface area contributed by atoms with Gasteiger partial charge in [-0.2, -0.15) is 0 Å². The third-order valence-corrected chi connectivity index (χ3v) is 18.3. The van der Waals surface area contributed by atoms with Crippen LogP contribution in [0.4, 0.5) is 0 Å². The van der Waals surface area contributed by atoms with Gasteiger partial charge < -0.3 is 50.0 Å². The van der Waals surface area contributed by atoms with E-state index in [9.17, 15) is 39.6 Å². The molecule has 14 nitrogen and oxygen atoms in total. The quantitative estimate of drug-likeness (QED) is 0.0571. The number of unbranched alkanes of at least 4 members (excludes halogenated alkanes) is 2. The normalized spacial score (nSPS) is 41.2. The van der Waals surface area contributed by atoms with Crippen molar-refractivity contribution in [1.29, 1.82) is 0 Å². The van der Waals surface area contributed by atoms with Crippen molar-refractivity contribution in [2.45, 2.75) is 194 Å². The molecule has 0 aromatic carbocycles. The molecule has 6 rings (SSSR count). The van der Waals surface area contributed by atoms with Crippen LogP contribution in [-0.2, 0) is 38.1 Å². The van der Waals surface area contributed by atoms with Gasteiger partial charge in [-0.25, -0.2) is 4.79 Å². The molecule has 0 radical (unpaired) electrons. The van der Waals surface area contributed by atoms with Crippen molar-refractivity contribution in [1.82, 2.24) is 10.6 Å². The van der Waals surface area contributed by atoms with Crippen molar-refractivity contribution in [3.63, 3.8) is 0 Å². The molecule has 5 aliphatic carbocycles. The fraction of sp³-hybridized carbons (Fsp3) is 0.878. The second kappa shape index (κ2) is 18.2. The fourth-order valence-corrected chi connectivity index (χ4v) is 14.5. The largest absolute Gasteiger partial charge is 0.469 e. The second-order valence-corrected chi connectivity index (χ2v) is 22.5. The number of amides is 2. The molecule has 0 unspecified atom stereocenters. The molecule has 0 bridgehead atoms. The minimum absolute atomic E-state index is 0.0323. The average molecular weight is 889 g/mol. The van der Waals surface area contributed by atoms with Crippen LogP contribution in [0.2, 0.25) is 0 Å². The van der Waals surface area contributed by atoms with Crippen LogP contribution < -0.4 is 10.6 Å². The summed E-state index contributed by atoms with van der Waals surface area (Å²) in [6.07, 6.45) is 6.97. The van der Waals surface area contributed by atoms with Gasteiger partial charge in [-0.1, -0.05) is 66.5 Å². The van der Waals surface area contributed by atoms with E-state index in [4.69, 9.17) is 18.9 Å². The molecular weight excluding hydrogens is 809 g/mol. The molecule has 0 aromatic heterocycles. The van der Waals surface area contributed by atoms with Crippen LogP contribution in [0.1, 0.15) is 152 Å². The maximum absolute atomic E-state index is 14.5. The SMILES string of the molecule is COC(=O)CCCCCNC(=O)[C@]12CCC(C)(C)C[C@H]1C1=CC[C@@H]3[C@@]4(C)CC[C@H](O[C@]5(C(=O)OC)C[C@H](O)[C@@H](NC(C)=O)[C@H]([C@H](O)[C@H](O)CO)O5)C(C)(C)[C@@H]4CC[C@@]3(C)[C@]1(C)CC2. The van der Waals surface area contributed by atoms with E-state index in [0.29, 0.717) is 25.3 Å². The minimum atomic E-state index is -2.17. The lowest BCUT2D eigenvalue weighted by molar-refractivity contribution is -0.342. The van der Waals surface area contributed by atoms with Crippen LogP contribution in [0.3, 0.4) is 0 Å². The van der Waals surface area contributed by atoms with Crippen LogP contribution in [0.5, 0.6) is 0 Å². The van der Waals surface area contributed by atoms with E-state index in [1.165, 1.54) is 26.7 Å². The molecule has 5 fully saturated rings. The molecule has 0 spiro atoms. The molecule has 63 heavy (non-hydrogen) atoms. The van der Waals surface area contributed by atoms with E-state index in [-0.39, 0.29) is 45.4 Å². The topological polar surface area (TPSA) is 210 Å². The number of methoxy groups -OCH3 is 2. The average Bonchev–Trinajstić information content (AvgIpc) is 3.22. The number of fused-ring (bicyclic) bond motifs is 7. The zero-order valence-corrected chi connectivity index (χ0v) is 39.8. The Hall–Kier alpha value is -2.62. The smallest absolute Gasteiger partial charge is 0.366 e. The number of hydrogen-bond donors (Lipinski definition) is 6. The van der Waals surface area contributed by atoms with Crippen LogP contribution in [0, 0.1) is 50.2 Å². The van der Waals surface area contributed by atoms with Crippen LogP contribution in [0.15, 0.2) is 11.6 Å². The number of hydrogen-bond acceptors (Lipinski definition) is 12. The highest BCUT2D eigenvalue weighted by molar-refractivity contribution is 5.84. The van der Waals surface area contributed by atoms with E-state index in [1.54, 1.807) is 0 Å². The Labute approximate surface area is 375 Å². The van der Waals surface area contributed by atoms with Gasteiger partial charge in [-0.05, 0) is 122 Å². The lowest BCUT2D eigenvalue weighted by Crippen LogP contribution is -2.70. The summed E-state index contributed by atoms with van der Waals surface area (Å²) in [5.74, 6) is -2.90. The molecule has 2 amide bonds. The van der Waals surface area contributed by atoms with Crippen molar-refractivity contribution in [2.24, 2.45) is 50.2 Å². The van der Waals surface area contributed by atoms with Crippen molar-refractivity contribution >= 4 is 23.8 Å². The summed E-state index contributed by atoms with van der Waals surface area (Å²) in [4.78, 5) is 52.1. The Morgan fingerprint density at radius 3 is 2.22 bits per heavy atom. The van der Waals surface area contributed by atoms with Crippen molar-refractivity contribution < 1.29 is 58.6 Å². The Morgan fingerprint density at radius 2 is 1.57 bits per heavy atom. The van der Waals surface area contributed by atoms with Gasteiger partial charge in [0, 0.05) is 26.3 Å². The number of carbonyl (C=O) groups excluding carboxylic acids is 4. The molecular formula is C49H80N2O12. The summed E-state index contributed by atoms with van der Waals surface area (Å²) in [5, 5.41) is 48.8. The number of rotatable bonds is 14. The summed E-state index contributed by atoms with van der Waals surface area (Å²) in [6, 6.07) is -1.21. The number of esters is 2. The van der Waals surface area contributed by atoms with E-state index in [0.717, 1.165) is 77.0 Å². The highest BCUT2D eigenvalue weighted by Crippen LogP contribution is 2.76. The number of aliphatic hydroxyl groups excluding tert-OH is 4. The molecule has 4 saturated carbocycles. The standard InChI is InChI=1S/C49H80N2O12/c1-29(53)51-38-32(54)27-49(42(59)61-10,63-40(38)39(57)33(55)28-52)62-36-18-19-45(6)34(44(36,4)5)17-20-47(8)35(45)16-15-30-31-26-43(2,3)21-23-48(31,24-22-46(30,47)7)41(58)50-25-13-11-12-14-37(56)60-9/h15,31-36,38-40,52,54-55,57H,11-14,16-28H2,1-10H3,(H,50,58)(H,51,53)/t31-,32-,33+,34-,35+,36-,38+,39+,40+,45-,46+,47+,48-,49+/m0/s1. The number of nitrogens with one attached hydrogen (secondary N) is 2. The predicted octanol–water partition coefficient (Wildman–Crippen LogP) is 5.26. The summed E-state index contributed by atoms with van der Waals surface area (Å²) >= 11 is 0. The zero-order valence-electron chi connectivity index (χ0n) is 39.8. The van der Waals surface area contributed by atoms with Gasteiger partial charge in [-0.15, -0.1) is 0 Å². The highest BCUT2D eigenvalue weighted by atomic mass is 16.7. The summed E-state index contributed by atoms with van der Waals surface area (Å²) in [5.41, 5.74) is 0.444. The van der Waals surface area contributed by atoms with Gasteiger partial charge in [0.1, 0.15) is 18.3 Å². The van der Waals surface area contributed by atoms with Gasteiger partial charge >= 0.3 is 11.9 Å². The first-order valence-electron chi connectivity index (χ1n) is 23.8. The fourth-order valence-electron chi connectivity index (χ4n) is 14.5. The van der Waals surface area contributed by atoms with Gasteiger partial charge in [0.15, 0.2) is 0 Å². The predicted molar refractivity (Wildman–Crippen MR) is 234 cm³/mol. The molecule has 14 heteroatoms. The molecule has 6 N–H and O–H groups in total. The lowest BCUT2D eigenvalue weighted by Gasteiger charge is -2.71. The zero-order chi connectivity index (χ0) is 46.6. The monoisotopic (exact) mass is 889 g/mol. The number of aliphatic hydroxyl groups is 4. The van der Waals surface area contributed by atoms with Gasteiger partial charge in [-0.3, -0.25) is 14.4 Å². The first-order chi connectivity index (χ1) is 29.4.